The molecule has 0 saturated carbocycles. The van der Waals surface area contributed by atoms with E-state index in [9.17, 15) is 14.4 Å². The lowest BCUT2D eigenvalue weighted by Gasteiger charge is -2.19. The normalized spacial score (nSPS) is 13.0. The minimum absolute atomic E-state index is 0.0114. The zero-order valence-corrected chi connectivity index (χ0v) is 24.7. The third-order valence-electron chi connectivity index (χ3n) is 6.62. The van der Waals surface area contributed by atoms with Crippen LogP contribution in [0, 0.1) is 18.4 Å². The Hall–Kier alpha value is -1.66. The molecule has 8 heteroatoms. The van der Waals surface area contributed by atoms with E-state index < -0.39 is 5.54 Å². The summed E-state index contributed by atoms with van der Waals surface area (Å²) in [5.41, 5.74) is -0.964. The summed E-state index contributed by atoms with van der Waals surface area (Å²) in [6.45, 7) is 19.8. The molecule has 0 aromatic rings. The average molecular weight is 540 g/mol. The highest BCUT2D eigenvalue weighted by molar-refractivity contribution is 5.90. The van der Waals surface area contributed by atoms with Crippen LogP contribution in [0.1, 0.15) is 98.8 Å². The first-order chi connectivity index (χ1) is 18.1. The first kappa shape index (κ1) is 36.3. The molecule has 0 heterocycles. The highest BCUT2D eigenvalue weighted by Crippen LogP contribution is 2.24. The SMILES string of the molecule is [C-]#[N+]C(C)(C(=O)CCCOCCOCC(=O)CCCOCCOCC(=O)CCCCCCC(C)C)C(C)C. The minimum atomic E-state index is -0.964. The van der Waals surface area contributed by atoms with Crippen molar-refractivity contribution in [2.75, 3.05) is 52.9 Å². The van der Waals surface area contributed by atoms with Crippen LogP contribution in [-0.2, 0) is 33.3 Å². The molecule has 0 aromatic heterocycles. The Kier molecular flexibility index (Phi) is 22.2. The lowest BCUT2D eigenvalue weighted by Crippen LogP contribution is -2.37. The van der Waals surface area contributed by atoms with Gasteiger partial charge in [0.1, 0.15) is 13.2 Å². The molecule has 0 fully saturated rings. The first-order valence-electron chi connectivity index (χ1n) is 14.4. The Morgan fingerprint density at radius 2 is 1.13 bits per heavy atom. The molecule has 0 spiro atoms. The fourth-order valence-electron chi connectivity index (χ4n) is 3.66. The van der Waals surface area contributed by atoms with E-state index in [1.807, 2.05) is 13.8 Å². The molecule has 8 nitrogen and oxygen atoms in total. The highest BCUT2D eigenvalue weighted by Gasteiger charge is 2.42. The monoisotopic (exact) mass is 539 g/mol. The van der Waals surface area contributed by atoms with E-state index in [0.717, 1.165) is 18.8 Å². The lowest BCUT2D eigenvalue weighted by atomic mass is 9.83. The van der Waals surface area contributed by atoms with Crippen molar-refractivity contribution in [1.82, 2.24) is 0 Å². The first-order valence-corrected chi connectivity index (χ1v) is 14.4. The number of rotatable bonds is 27. The van der Waals surface area contributed by atoms with Gasteiger partial charge in [0.05, 0.1) is 26.4 Å². The van der Waals surface area contributed by atoms with Crippen LogP contribution >= 0.6 is 0 Å². The lowest BCUT2D eigenvalue weighted by molar-refractivity contribution is -0.125. The third kappa shape index (κ3) is 19.4. The summed E-state index contributed by atoms with van der Waals surface area (Å²) >= 11 is 0. The van der Waals surface area contributed by atoms with E-state index in [1.165, 1.54) is 19.3 Å². The standard InChI is InChI=1S/C30H53NO7/c1-25(2)13-9-7-8-10-14-27(32)23-37-21-19-35-17-11-15-28(33)24-38-22-20-36-18-12-16-29(34)30(5,31-6)26(3)4/h25-26H,7-24H2,1-5H3. The molecule has 220 valence electrons. The minimum Gasteiger partial charge on any atom is -0.379 e. The van der Waals surface area contributed by atoms with Crippen LogP contribution in [0.15, 0.2) is 0 Å². The van der Waals surface area contributed by atoms with E-state index in [1.54, 1.807) is 6.92 Å². The Labute approximate surface area is 231 Å². The number of nitrogens with zero attached hydrogens (tertiary/aromatic N) is 1. The van der Waals surface area contributed by atoms with Crippen LogP contribution in [0.5, 0.6) is 0 Å². The summed E-state index contributed by atoms with van der Waals surface area (Å²) in [7, 11) is 0. The molecule has 0 saturated heterocycles. The molecule has 0 N–H and O–H groups in total. The Balaban J connectivity index is 3.48. The van der Waals surface area contributed by atoms with Gasteiger partial charge in [0.15, 0.2) is 11.6 Å². The fourth-order valence-corrected chi connectivity index (χ4v) is 3.66. The third-order valence-corrected chi connectivity index (χ3v) is 6.62. The van der Waals surface area contributed by atoms with Gasteiger partial charge >= 0.3 is 0 Å². The van der Waals surface area contributed by atoms with Gasteiger partial charge in [-0.05, 0) is 25.2 Å². The van der Waals surface area contributed by atoms with Crippen molar-refractivity contribution in [3.8, 4) is 0 Å². The number of ketones is 3. The van der Waals surface area contributed by atoms with Gasteiger partial charge in [-0.25, -0.2) is 6.57 Å². The van der Waals surface area contributed by atoms with Gasteiger partial charge in [0, 0.05) is 45.3 Å². The second kappa shape index (κ2) is 23.2. The topological polar surface area (TPSA) is 92.5 Å². The van der Waals surface area contributed by atoms with E-state index in [2.05, 4.69) is 18.7 Å². The van der Waals surface area contributed by atoms with Gasteiger partial charge in [-0.15, -0.1) is 0 Å². The van der Waals surface area contributed by atoms with E-state index in [4.69, 9.17) is 25.5 Å². The number of Topliss-reactive ketones (excluding diaryl/α,β-unsaturated/α-hetero) is 3. The molecule has 0 bridgehead atoms. The van der Waals surface area contributed by atoms with E-state index in [0.29, 0.717) is 71.7 Å². The molecule has 1 atom stereocenters. The molecule has 0 aliphatic rings. The summed E-state index contributed by atoms with van der Waals surface area (Å²) in [5.74, 6) is 0.835. The molecular weight excluding hydrogens is 486 g/mol. The molecule has 0 amide bonds. The van der Waals surface area contributed by atoms with Gasteiger partial charge < -0.3 is 23.8 Å². The van der Waals surface area contributed by atoms with Gasteiger partial charge in [-0.1, -0.05) is 53.4 Å². The number of hydrogen-bond acceptors (Lipinski definition) is 7. The van der Waals surface area contributed by atoms with Crippen molar-refractivity contribution in [2.24, 2.45) is 11.8 Å². The Bertz CT molecular complexity index is 687. The molecule has 0 aromatic carbocycles. The predicted molar refractivity (Wildman–Crippen MR) is 149 cm³/mol. The van der Waals surface area contributed by atoms with Crippen molar-refractivity contribution in [3.63, 3.8) is 0 Å². The van der Waals surface area contributed by atoms with Gasteiger partial charge in [-0.2, -0.15) is 0 Å². The summed E-state index contributed by atoms with van der Waals surface area (Å²) in [4.78, 5) is 39.5. The molecule has 38 heavy (non-hydrogen) atoms. The fraction of sp³-hybridized carbons (Fsp3) is 0.867. The van der Waals surface area contributed by atoms with E-state index >= 15 is 0 Å². The molecular formula is C30H53NO7. The van der Waals surface area contributed by atoms with Crippen LogP contribution in [-0.4, -0.2) is 75.7 Å². The number of carbonyl (C=O) groups excluding carboxylic acids is 3. The summed E-state index contributed by atoms with van der Waals surface area (Å²) in [6, 6.07) is 0. The number of hydrogen-bond donors (Lipinski definition) is 0. The molecule has 0 radical (unpaired) electrons. The largest absolute Gasteiger partial charge is 0.379 e. The summed E-state index contributed by atoms with van der Waals surface area (Å²) in [5, 5.41) is 0. The predicted octanol–water partition coefficient (Wildman–Crippen LogP) is 5.65. The zero-order chi connectivity index (χ0) is 28.7. The van der Waals surface area contributed by atoms with Crippen LogP contribution in [0.4, 0.5) is 0 Å². The van der Waals surface area contributed by atoms with Gasteiger partial charge in [0.25, 0.3) is 5.54 Å². The maximum atomic E-state index is 12.3. The maximum Gasteiger partial charge on any atom is 0.289 e. The molecule has 0 aliphatic carbocycles. The van der Waals surface area contributed by atoms with Crippen molar-refractivity contribution < 1.29 is 33.3 Å². The number of carbonyl (C=O) groups is 3. The second-order valence-electron chi connectivity index (χ2n) is 10.8. The van der Waals surface area contributed by atoms with Gasteiger partial charge in [0.2, 0.25) is 5.78 Å². The number of unbranched alkanes of at least 4 members (excludes halogenated alkanes) is 3. The Morgan fingerprint density at radius 1 is 0.658 bits per heavy atom. The summed E-state index contributed by atoms with van der Waals surface area (Å²) < 4.78 is 21.6. The molecule has 0 aliphatic heterocycles. The summed E-state index contributed by atoms with van der Waals surface area (Å²) in [6.07, 6.45) is 8.20. The van der Waals surface area contributed by atoms with Crippen LogP contribution < -0.4 is 0 Å². The van der Waals surface area contributed by atoms with Crippen LogP contribution in [0.25, 0.3) is 4.85 Å². The highest BCUT2D eigenvalue weighted by atomic mass is 16.5. The smallest absolute Gasteiger partial charge is 0.289 e. The molecule has 1 unspecified atom stereocenters. The van der Waals surface area contributed by atoms with Crippen molar-refractivity contribution in [1.29, 1.82) is 0 Å². The van der Waals surface area contributed by atoms with E-state index in [-0.39, 0.29) is 36.5 Å². The van der Waals surface area contributed by atoms with Gasteiger partial charge in [-0.3, -0.25) is 14.4 Å². The zero-order valence-electron chi connectivity index (χ0n) is 24.7. The van der Waals surface area contributed by atoms with Crippen molar-refractivity contribution in [2.45, 2.75) is 104 Å². The van der Waals surface area contributed by atoms with Crippen molar-refractivity contribution in [3.05, 3.63) is 11.4 Å². The number of ether oxygens (including phenoxy) is 4. The quantitative estimate of drug-likeness (QED) is 0.0983. The maximum absolute atomic E-state index is 12.3. The van der Waals surface area contributed by atoms with Crippen LogP contribution in [0.2, 0.25) is 0 Å². The average Bonchev–Trinajstić information content (AvgIpc) is 2.88. The Morgan fingerprint density at radius 3 is 1.63 bits per heavy atom. The van der Waals surface area contributed by atoms with Crippen molar-refractivity contribution >= 4 is 17.3 Å². The second-order valence-corrected chi connectivity index (χ2v) is 10.8. The van der Waals surface area contributed by atoms with Crippen LogP contribution in [0.3, 0.4) is 0 Å². The molecule has 0 rings (SSSR count).